The Bertz CT molecular complexity index is 809. The predicted octanol–water partition coefficient (Wildman–Crippen LogP) is 1.49. The molecule has 0 amide bonds. The molecule has 0 unspecified atom stereocenters. The van der Waals surface area contributed by atoms with E-state index in [-0.39, 0.29) is 5.97 Å². The number of rotatable bonds is 2. The number of carbonyl (C=O) groups excluding carboxylic acids is 1. The summed E-state index contributed by atoms with van der Waals surface area (Å²) >= 11 is 0. The van der Waals surface area contributed by atoms with Crippen LogP contribution in [0.15, 0.2) is 6.33 Å². The molecule has 1 saturated carbocycles. The Morgan fingerprint density at radius 2 is 2.22 bits per heavy atom. The van der Waals surface area contributed by atoms with Gasteiger partial charge in [-0.1, -0.05) is 24.7 Å². The average molecular weight is 313 g/mol. The third kappa shape index (κ3) is 2.61. The molecule has 2 heterocycles. The van der Waals surface area contributed by atoms with Gasteiger partial charge in [0.05, 0.1) is 23.8 Å². The quantitative estimate of drug-likeness (QED) is 0.666. The van der Waals surface area contributed by atoms with E-state index < -0.39 is 5.41 Å². The van der Waals surface area contributed by atoms with Crippen molar-refractivity contribution in [3.8, 4) is 11.8 Å². The number of hydrogen-bond donors (Lipinski definition) is 1. The molecule has 0 saturated heterocycles. The third-order valence-corrected chi connectivity index (χ3v) is 4.46. The van der Waals surface area contributed by atoms with Crippen molar-refractivity contribution in [3.05, 3.63) is 17.6 Å². The minimum absolute atomic E-state index is 0.168. The van der Waals surface area contributed by atoms with Crippen LogP contribution in [0.25, 0.3) is 5.78 Å². The highest BCUT2D eigenvalue weighted by Crippen LogP contribution is 2.41. The lowest BCUT2D eigenvalue weighted by Crippen LogP contribution is -2.28. The molecule has 0 spiro atoms. The Labute approximate surface area is 134 Å². The Morgan fingerprint density at radius 1 is 1.48 bits per heavy atom. The van der Waals surface area contributed by atoms with E-state index in [1.165, 1.54) is 18.0 Å². The highest BCUT2D eigenvalue weighted by Gasteiger charge is 2.41. The summed E-state index contributed by atoms with van der Waals surface area (Å²) in [6, 6.07) is 0. The molecule has 0 radical (unpaired) electrons. The minimum Gasteiger partial charge on any atom is -0.469 e. The van der Waals surface area contributed by atoms with Gasteiger partial charge in [0, 0.05) is 6.42 Å². The van der Waals surface area contributed by atoms with Crippen molar-refractivity contribution < 1.29 is 9.53 Å². The van der Waals surface area contributed by atoms with Crippen LogP contribution in [0.1, 0.15) is 43.4 Å². The standard InChI is InChI=1S/C16H19N5O2/c1-11-12(13(17)21-15(20-11)18-10-19-21)6-5-9-16(14(22)23-2)7-3-4-8-16/h10H,3-4,7-9,17H2,1-2H3. The monoisotopic (exact) mass is 313 g/mol. The van der Waals surface area contributed by atoms with Crippen LogP contribution >= 0.6 is 0 Å². The summed E-state index contributed by atoms with van der Waals surface area (Å²) in [6.07, 6.45) is 5.58. The molecule has 1 fully saturated rings. The molecule has 2 aromatic heterocycles. The number of aryl methyl sites for hydroxylation is 1. The van der Waals surface area contributed by atoms with Gasteiger partial charge in [0.1, 0.15) is 12.1 Å². The first-order valence-electron chi connectivity index (χ1n) is 7.60. The number of anilines is 1. The molecular formula is C16H19N5O2. The summed E-state index contributed by atoms with van der Waals surface area (Å²) in [5, 5.41) is 4.04. The molecule has 1 aliphatic carbocycles. The van der Waals surface area contributed by atoms with Crippen molar-refractivity contribution in [3.63, 3.8) is 0 Å². The van der Waals surface area contributed by atoms with E-state index in [9.17, 15) is 4.79 Å². The number of nitrogen functional groups attached to an aromatic ring is 1. The number of fused-ring (bicyclic) bond motifs is 1. The largest absolute Gasteiger partial charge is 0.469 e. The Kier molecular flexibility index (Phi) is 3.90. The topological polar surface area (TPSA) is 95.4 Å². The number of esters is 1. The SMILES string of the molecule is COC(=O)C1(CC#Cc2c(C)nc3ncnn3c2N)CCCC1. The summed E-state index contributed by atoms with van der Waals surface area (Å²) in [6.45, 7) is 1.83. The Hall–Kier alpha value is -2.62. The van der Waals surface area contributed by atoms with E-state index in [1.807, 2.05) is 6.92 Å². The van der Waals surface area contributed by atoms with E-state index in [0.29, 0.717) is 29.3 Å². The van der Waals surface area contributed by atoms with Crippen molar-refractivity contribution in [2.24, 2.45) is 5.41 Å². The van der Waals surface area contributed by atoms with Crippen LogP contribution in [0, 0.1) is 24.2 Å². The van der Waals surface area contributed by atoms with Crippen LogP contribution < -0.4 is 5.73 Å². The first-order chi connectivity index (χ1) is 11.1. The summed E-state index contributed by atoms with van der Waals surface area (Å²) in [4.78, 5) is 20.5. The molecule has 120 valence electrons. The molecule has 1 aliphatic rings. The van der Waals surface area contributed by atoms with Gasteiger partial charge in [-0.3, -0.25) is 4.79 Å². The number of ether oxygens (including phenoxy) is 1. The van der Waals surface area contributed by atoms with E-state index >= 15 is 0 Å². The number of hydrogen-bond acceptors (Lipinski definition) is 6. The fourth-order valence-electron chi connectivity index (χ4n) is 3.16. The van der Waals surface area contributed by atoms with E-state index in [4.69, 9.17) is 10.5 Å². The maximum atomic E-state index is 12.1. The fourth-order valence-corrected chi connectivity index (χ4v) is 3.16. The van der Waals surface area contributed by atoms with Crippen molar-refractivity contribution in [2.75, 3.05) is 12.8 Å². The smallest absolute Gasteiger partial charge is 0.312 e. The number of carbonyl (C=O) groups is 1. The molecular weight excluding hydrogens is 294 g/mol. The van der Waals surface area contributed by atoms with Crippen LogP contribution in [-0.2, 0) is 9.53 Å². The fraction of sp³-hybridized carbons (Fsp3) is 0.500. The molecule has 0 aromatic carbocycles. The lowest BCUT2D eigenvalue weighted by atomic mass is 9.83. The maximum Gasteiger partial charge on any atom is 0.312 e. The van der Waals surface area contributed by atoms with Crippen molar-refractivity contribution >= 4 is 17.6 Å². The van der Waals surface area contributed by atoms with Gasteiger partial charge in [0.2, 0.25) is 0 Å². The van der Waals surface area contributed by atoms with Gasteiger partial charge in [0.25, 0.3) is 5.78 Å². The van der Waals surface area contributed by atoms with Crippen LogP contribution in [-0.4, -0.2) is 32.7 Å². The van der Waals surface area contributed by atoms with E-state index in [2.05, 4.69) is 26.9 Å². The molecule has 0 bridgehead atoms. The molecule has 7 nitrogen and oxygen atoms in total. The molecule has 0 aliphatic heterocycles. The first-order valence-corrected chi connectivity index (χ1v) is 7.60. The molecule has 7 heteroatoms. The average Bonchev–Trinajstić information content (AvgIpc) is 3.19. The molecule has 3 rings (SSSR count). The highest BCUT2D eigenvalue weighted by molar-refractivity contribution is 5.77. The third-order valence-electron chi connectivity index (χ3n) is 4.46. The first kappa shape index (κ1) is 15.3. The predicted molar refractivity (Wildman–Crippen MR) is 84.3 cm³/mol. The Morgan fingerprint density at radius 3 is 2.91 bits per heavy atom. The second-order valence-corrected chi connectivity index (χ2v) is 5.89. The van der Waals surface area contributed by atoms with Gasteiger partial charge in [0.15, 0.2) is 0 Å². The van der Waals surface area contributed by atoms with Crippen LogP contribution in [0.5, 0.6) is 0 Å². The van der Waals surface area contributed by atoms with Crippen molar-refractivity contribution in [1.82, 2.24) is 19.6 Å². The van der Waals surface area contributed by atoms with E-state index in [1.54, 1.807) is 0 Å². The molecule has 2 N–H and O–H groups in total. The van der Waals surface area contributed by atoms with Gasteiger partial charge in [-0.2, -0.15) is 14.6 Å². The zero-order chi connectivity index (χ0) is 16.4. The second kappa shape index (κ2) is 5.88. The normalized spacial score (nSPS) is 16.1. The molecule has 0 atom stereocenters. The number of nitrogens with two attached hydrogens (primary N) is 1. The van der Waals surface area contributed by atoms with Crippen LogP contribution in [0.4, 0.5) is 5.82 Å². The number of aromatic nitrogens is 4. The minimum atomic E-state index is -0.477. The zero-order valence-corrected chi connectivity index (χ0v) is 13.3. The van der Waals surface area contributed by atoms with E-state index in [0.717, 1.165) is 25.7 Å². The van der Waals surface area contributed by atoms with Gasteiger partial charge in [-0.15, -0.1) is 0 Å². The van der Waals surface area contributed by atoms with Gasteiger partial charge >= 0.3 is 5.97 Å². The maximum absolute atomic E-state index is 12.1. The van der Waals surface area contributed by atoms with Crippen LogP contribution in [0.3, 0.4) is 0 Å². The van der Waals surface area contributed by atoms with Crippen molar-refractivity contribution in [1.29, 1.82) is 0 Å². The second-order valence-electron chi connectivity index (χ2n) is 5.89. The molecule has 2 aromatic rings. The summed E-state index contributed by atoms with van der Waals surface area (Å²) in [7, 11) is 1.43. The highest BCUT2D eigenvalue weighted by atomic mass is 16.5. The number of methoxy groups -OCH3 is 1. The number of nitrogens with zero attached hydrogens (tertiary/aromatic N) is 4. The summed E-state index contributed by atoms with van der Waals surface area (Å²) in [5.41, 5.74) is 6.96. The Balaban J connectivity index is 1.91. The van der Waals surface area contributed by atoms with Gasteiger partial charge in [-0.05, 0) is 19.8 Å². The molecule has 23 heavy (non-hydrogen) atoms. The van der Waals surface area contributed by atoms with Gasteiger partial charge < -0.3 is 10.5 Å². The lowest BCUT2D eigenvalue weighted by Gasteiger charge is -2.22. The summed E-state index contributed by atoms with van der Waals surface area (Å²) in [5.74, 6) is 6.86. The van der Waals surface area contributed by atoms with Gasteiger partial charge in [-0.25, -0.2) is 4.98 Å². The van der Waals surface area contributed by atoms with Crippen LogP contribution in [0.2, 0.25) is 0 Å². The van der Waals surface area contributed by atoms with Crippen molar-refractivity contribution in [2.45, 2.75) is 39.0 Å². The summed E-state index contributed by atoms with van der Waals surface area (Å²) < 4.78 is 6.43. The lowest BCUT2D eigenvalue weighted by molar-refractivity contribution is -0.152. The zero-order valence-electron chi connectivity index (χ0n) is 13.3.